The zero-order chi connectivity index (χ0) is 9.78. The van der Waals surface area contributed by atoms with Crippen LogP contribution in [-0.2, 0) is 9.53 Å². The Kier molecular flexibility index (Phi) is 7.27. The fourth-order valence-electron chi connectivity index (χ4n) is 0.862. The molecule has 1 atom stereocenters. The van der Waals surface area contributed by atoms with Crippen molar-refractivity contribution in [2.75, 3.05) is 7.05 Å². The standard InChI is InChI=1S/C9H19NO2.ClH/c1-6-7(10-5)8(11)12-9(2,3)4;/h7,10H,6H2,1-5H3;1H/t7-;/m1./s1. The van der Waals surface area contributed by atoms with Crippen molar-refractivity contribution in [3.05, 3.63) is 0 Å². The number of likely N-dealkylation sites (N-methyl/N-ethyl adjacent to an activating group) is 1. The van der Waals surface area contributed by atoms with Crippen molar-refractivity contribution in [1.29, 1.82) is 0 Å². The molecule has 13 heavy (non-hydrogen) atoms. The maximum atomic E-state index is 11.3. The first-order valence-corrected chi connectivity index (χ1v) is 4.31. The predicted octanol–water partition coefficient (Wildman–Crippen LogP) is 1.75. The summed E-state index contributed by atoms with van der Waals surface area (Å²) < 4.78 is 5.18. The van der Waals surface area contributed by atoms with Crippen molar-refractivity contribution < 1.29 is 9.53 Å². The number of rotatable bonds is 3. The Labute approximate surface area is 86.6 Å². The fourth-order valence-corrected chi connectivity index (χ4v) is 0.862. The fraction of sp³-hybridized carbons (Fsp3) is 0.889. The summed E-state index contributed by atoms with van der Waals surface area (Å²) in [6.45, 7) is 7.55. The lowest BCUT2D eigenvalue weighted by Crippen LogP contribution is -2.38. The van der Waals surface area contributed by atoms with Gasteiger partial charge in [-0.1, -0.05) is 6.92 Å². The van der Waals surface area contributed by atoms with E-state index in [0.717, 1.165) is 6.42 Å². The molecule has 0 amide bonds. The Bertz CT molecular complexity index is 150. The van der Waals surface area contributed by atoms with E-state index in [1.165, 1.54) is 0 Å². The molecule has 4 heteroatoms. The lowest BCUT2D eigenvalue weighted by atomic mass is 10.2. The Morgan fingerprint density at radius 3 is 2.15 bits per heavy atom. The predicted molar refractivity (Wildman–Crippen MR) is 56.2 cm³/mol. The Hall–Kier alpha value is -0.280. The topological polar surface area (TPSA) is 38.3 Å². The number of esters is 1. The van der Waals surface area contributed by atoms with E-state index in [1.807, 2.05) is 27.7 Å². The summed E-state index contributed by atoms with van der Waals surface area (Å²) in [5.41, 5.74) is -0.388. The van der Waals surface area contributed by atoms with Gasteiger partial charge < -0.3 is 10.1 Å². The Morgan fingerprint density at radius 1 is 1.46 bits per heavy atom. The van der Waals surface area contributed by atoms with Gasteiger partial charge in [0.25, 0.3) is 0 Å². The van der Waals surface area contributed by atoms with Gasteiger partial charge in [-0.3, -0.25) is 4.79 Å². The van der Waals surface area contributed by atoms with E-state index < -0.39 is 0 Å². The van der Waals surface area contributed by atoms with Crippen molar-refractivity contribution in [1.82, 2.24) is 5.32 Å². The quantitative estimate of drug-likeness (QED) is 0.720. The molecular formula is C9H20ClNO2. The number of carbonyl (C=O) groups is 1. The Balaban J connectivity index is 0. The summed E-state index contributed by atoms with van der Waals surface area (Å²) >= 11 is 0. The molecule has 0 unspecified atom stereocenters. The van der Waals surface area contributed by atoms with Crippen LogP contribution in [0.1, 0.15) is 34.1 Å². The molecule has 0 aromatic carbocycles. The third-order valence-corrected chi connectivity index (χ3v) is 1.45. The second kappa shape index (κ2) is 6.22. The molecule has 0 aliphatic carbocycles. The van der Waals surface area contributed by atoms with Crippen LogP contribution in [0.2, 0.25) is 0 Å². The van der Waals surface area contributed by atoms with E-state index in [-0.39, 0.29) is 30.0 Å². The molecule has 0 rings (SSSR count). The second-order valence-corrected chi connectivity index (χ2v) is 3.78. The van der Waals surface area contributed by atoms with Gasteiger partial charge >= 0.3 is 5.97 Å². The summed E-state index contributed by atoms with van der Waals surface area (Å²) in [6.07, 6.45) is 0.755. The number of nitrogens with one attached hydrogen (secondary N) is 1. The van der Waals surface area contributed by atoms with Crippen LogP contribution in [0, 0.1) is 0 Å². The van der Waals surface area contributed by atoms with Crippen LogP contribution in [0.15, 0.2) is 0 Å². The van der Waals surface area contributed by atoms with Gasteiger partial charge in [0, 0.05) is 0 Å². The minimum atomic E-state index is -0.388. The molecule has 0 aliphatic heterocycles. The van der Waals surface area contributed by atoms with Crippen molar-refractivity contribution >= 4 is 18.4 Å². The molecule has 0 heterocycles. The summed E-state index contributed by atoms with van der Waals surface area (Å²) in [4.78, 5) is 11.3. The number of ether oxygens (including phenoxy) is 1. The normalized spacial score (nSPS) is 13.0. The number of hydrogen-bond acceptors (Lipinski definition) is 3. The average molecular weight is 210 g/mol. The van der Waals surface area contributed by atoms with Gasteiger partial charge in [0.2, 0.25) is 0 Å². The van der Waals surface area contributed by atoms with Crippen LogP contribution in [0.25, 0.3) is 0 Å². The zero-order valence-corrected chi connectivity index (χ0v) is 9.83. The van der Waals surface area contributed by atoms with Crippen LogP contribution in [0.3, 0.4) is 0 Å². The van der Waals surface area contributed by atoms with Gasteiger partial charge in [0.05, 0.1) is 0 Å². The van der Waals surface area contributed by atoms with Crippen LogP contribution in [0.4, 0.5) is 0 Å². The molecule has 0 aromatic heterocycles. The minimum absolute atomic E-state index is 0. The van der Waals surface area contributed by atoms with E-state index in [2.05, 4.69) is 5.32 Å². The maximum Gasteiger partial charge on any atom is 0.323 e. The molecule has 0 fully saturated rings. The first-order chi connectivity index (χ1) is 5.40. The van der Waals surface area contributed by atoms with E-state index in [9.17, 15) is 4.79 Å². The molecule has 1 N–H and O–H groups in total. The molecule has 0 spiro atoms. The number of hydrogen-bond donors (Lipinski definition) is 1. The molecule has 0 aromatic rings. The highest BCUT2D eigenvalue weighted by atomic mass is 35.5. The van der Waals surface area contributed by atoms with Crippen LogP contribution in [0.5, 0.6) is 0 Å². The highest BCUT2D eigenvalue weighted by molar-refractivity contribution is 5.85. The van der Waals surface area contributed by atoms with E-state index >= 15 is 0 Å². The third-order valence-electron chi connectivity index (χ3n) is 1.45. The molecule has 0 bridgehead atoms. The van der Waals surface area contributed by atoms with Crippen molar-refractivity contribution in [3.63, 3.8) is 0 Å². The SMILES string of the molecule is CC[C@@H](NC)C(=O)OC(C)(C)C.Cl. The van der Waals surface area contributed by atoms with Gasteiger partial charge in [-0.15, -0.1) is 12.4 Å². The van der Waals surface area contributed by atoms with Gasteiger partial charge in [-0.25, -0.2) is 0 Å². The number of halogens is 1. The van der Waals surface area contributed by atoms with Crippen molar-refractivity contribution in [2.24, 2.45) is 0 Å². The highest BCUT2D eigenvalue weighted by Gasteiger charge is 2.21. The first kappa shape index (κ1) is 15.2. The first-order valence-electron chi connectivity index (χ1n) is 4.31. The lowest BCUT2D eigenvalue weighted by Gasteiger charge is -2.22. The van der Waals surface area contributed by atoms with Crippen molar-refractivity contribution in [3.8, 4) is 0 Å². The van der Waals surface area contributed by atoms with E-state index in [0.29, 0.717) is 0 Å². The smallest absolute Gasteiger partial charge is 0.323 e. The third kappa shape index (κ3) is 6.84. The maximum absolute atomic E-state index is 11.3. The molecular weight excluding hydrogens is 190 g/mol. The lowest BCUT2D eigenvalue weighted by molar-refractivity contribution is -0.157. The average Bonchev–Trinajstić information content (AvgIpc) is 1.85. The van der Waals surface area contributed by atoms with Crippen LogP contribution >= 0.6 is 12.4 Å². The minimum Gasteiger partial charge on any atom is -0.459 e. The number of carbonyl (C=O) groups excluding carboxylic acids is 1. The molecule has 0 saturated heterocycles. The molecule has 0 radical (unpaired) electrons. The van der Waals surface area contributed by atoms with Gasteiger partial charge in [-0.05, 0) is 34.2 Å². The molecule has 80 valence electrons. The zero-order valence-electron chi connectivity index (χ0n) is 9.01. The molecule has 3 nitrogen and oxygen atoms in total. The van der Waals surface area contributed by atoms with Crippen LogP contribution in [-0.4, -0.2) is 24.7 Å². The summed E-state index contributed by atoms with van der Waals surface area (Å²) in [5.74, 6) is -0.174. The summed E-state index contributed by atoms with van der Waals surface area (Å²) in [5, 5.41) is 2.90. The van der Waals surface area contributed by atoms with Crippen LogP contribution < -0.4 is 5.32 Å². The van der Waals surface area contributed by atoms with E-state index in [1.54, 1.807) is 7.05 Å². The molecule has 0 saturated carbocycles. The summed E-state index contributed by atoms with van der Waals surface area (Å²) in [7, 11) is 1.76. The van der Waals surface area contributed by atoms with Gasteiger partial charge in [-0.2, -0.15) is 0 Å². The van der Waals surface area contributed by atoms with Crippen molar-refractivity contribution in [2.45, 2.75) is 45.8 Å². The second-order valence-electron chi connectivity index (χ2n) is 3.78. The van der Waals surface area contributed by atoms with Gasteiger partial charge in [0.1, 0.15) is 11.6 Å². The largest absolute Gasteiger partial charge is 0.459 e. The monoisotopic (exact) mass is 209 g/mol. The van der Waals surface area contributed by atoms with E-state index in [4.69, 9.17) is 4.74 Å². The highest BCUT2D eigenvalue weighted by Crippen LogP contribution is 2.09. The Morgan fingerprint density at radius 2 is 1.92 bits per heavy atom. The van der Waals surface area contributed by atoms with Gasteiger partial charge in [0.15, 0.2) is 0 Å². The summed E-state index contributed by atoms with van der Waals surface area (Å²) in [6, 6.07) is -0.177. The molecule has 0 aliphatic rings.